The first-order chi connectivity index (χ1) is 9.97. The number of rotatable bonds is 4. The Hall–Kier alpha value is -0.370. The SMILES string of the molecule is CCS(=O)(=O)N1CCC(C(=O)N2CCCC(NC)C2)CC1.Cl. The van der Waals surface area contributed by atoms with Gasteiger partial charge in [0.15, 0.2) is 0 Å². The van der Waals surface area contributed by atoms with Crippen LogP contribution in [0.5, 0.6) is 0 Å². The van der Waals surface area contributed by atoms with E-state index in [1.165, 1.54) is 4.31 Å². The molecule has 1 N–H and O–H groups in total. The maximum atomic E-state index is 12.6. The lowest BCUT2D eigenvalue weighted by Gasteiger charge is -2.37. The summed E-state index contributed by atoms with van der Waals surface area (Å²) >= 11 is 0. The summed E-state index contributed by atoms with van der Waals surface area (Å²) in [6, 6.07) is 0.392. The van der Waals surface area contributed by atoms with Gasteiger partial charge in [0.1, 0.15) is 0 Å². The van der Waals surface area contributed by atoms with Crippen LogP contribution in [0.3, 0.4) is 0 Å². The lowest BCUT2D eigenvalue weighted by atomic mass is 9.95. The van der Waals surface area contributed by atoms with Gasteiger partial charge in [-0.1, -0.05) is 0 Å². The highest BCUT2D eigenvalue weighted by Gasteiger charge is 2.33. The summed E-state index contributed by atoms with van der Waals surface area (Å²) in [5.41, 5.74) is 0. The minimum absolute atomic E-state index is 0. The van der Waals surface area contributed by atoms with Crippen molar-refractivity contribution < 1.29 is 13.2 Å². The molecule has 2 rings (SSSR count). The zero-order chi connectivity index (χ0) is 15.5. The lowest BCUT2D eigenvalue weighted by molar-refractivity contribution is -0.138. The Morgan fingerprint density at radius 3 is 2.36 bits per heavy atom. The van der Waals surface area contributed by atoms with Gasteiger partial charge in [0.05, 0.1) is 5.75 Å². The Morgan fingerprint density at radius 1 is 1.18 bits per heavy atom. The molecule has 0 bridgehead atoms. The minimum Gasteiger partial charge on any atom is -0.341 e. The highest BCUT2D eigenvalue weighted by Crippen LogP contribution is 2.23. The van der Waals surface area contributed by atoms with Crippen LogP contribution in [-0.2, 0) is 14.8 Å². The van der Waals surface area contributed by atoms with E-state index in [0.717, 1.165) is 25.9 Å². The van der Waals surface area contributed by atoms with Gasteiger partial charge in [0.2, 0.25) is 15.9 Å². The minimum atomic E-state index is -3.11. The molecule has 1 unspecified atom stereocenters. The van der Waals surface area contributed by atoms with Crippen molar-refractivity contribution in [3.8, 4) is 0 Å². The molecule has 0 spiro atoms. The molecule has 2 saturated heterocycles. The molecular formula is C14H28ClN3O3S. The lowest BCUT2D eigenvalue weighted by Crippen LogP contribution is -2.50. The number of hydrogen-bond acceptors (Lipinski definition) is 4. The molecule has 6 nitrogen and oxygen atoms in total. The van der Waals surface area contributed by atoms with E-state index < -0.39 is 10.0 Å². The Balaban J connectivity index is 0.00000242. The highest BCUT2D eigenvalue weighted by molar-refractivity contribution is 7.89. The van der Waals surface area contributed by atoms with E-state index >= 15 is 0 Å². The molecule has 8 heteroatoms. The number of nitrogens with zero attached hydrogens (tertiary/aromatic N) is 2. The van der Waals surface area contributed by atoms with Crippen LogP contribution in [0.25, 0.3) is 0 Å². The molecule has 2 aliphatic heterocycles. The Labute approximate surface area is 140 Å². The second kappa shape index (κ2) is 8.47. The molecule has 2 heterocycles. The topological polar surface area (TPSA) is 69.7 Å². The van der Waals surface area contributed by atoms with Crippen molar-refractivity contribution in [2.75, 3.05) is 39.0 Å². The van der Waals surface area contributed by atoms with E-state index in [2.05, 4.69) is 5.32 Å². The predicted octanol–water partition coefficient (Wildman–Crippen LogP) is 0.680. The quantitative estimate of drug-likeness (QED) is 0.807. The normalized spacial score (nSPS) is 24.8. The third-order valence-electron chi connectivity index (χ3n) is 4.70. The Morgan fingerprint density at radius 2 is 1.82 bits per heavy atom. The summed E-state index contributed by atoms with van der Waals surface area (Å²) in [5, 5.41) is 3.24. The number of nitrogens with one attached hydrogen (secondary N) is 1. The number of sulfonamides is 1. The molecule has 2 aliphatic rings. The van der Waals surface area contributed by atoms with Crippen molar-refractivity contribution in [3.05, 3.63) is 0 Å². The first-order valence-corrected chi connectivity index (χ1v) is 9.52. The molecule has 0 radical (unpaired) electrons. The first-order valence-electron chi connectivity index (χ1n) is 7.91. The third-order valence-corrected chi connectivity index (χ3v) is 6.58. The summed E-state index contributed by atoms with van der Waals surface area (Å²) in [6.07, 6.45) is 3.46. The van der Waals surface area contributed by atoms with Crippen molar-refractivity contribution in [1.29, 1.82) is 0 Å². The molecule has 2 fully saturated rings. The molecule has 1 amide bonds. The van der Waals surface area contributed by atoms with E-state index in [1.807, 2.05) is 11.9 Å². The van der Waals surface area contributed by atoms with Crippen LogP contribution in [-0.4, -0.2) is 68.6 Å². The van der Waals surface area contributed by atoms with Gasteiger partial charge >= 0.3 is 0 Å². The van der Waals surface area contributed by atoms with Crippen molar-refractivity contribution in [2.24, 2.45) is 5.92 Å². The van der Waals surface area contributed by atoms with Crippen LogP contribution < -0.4 is 5.32 Å². The van der Waals surface area contributed by atoms with E-state index in [4.69, 9.17) is 0 Å². The zero-order valence-corrected chi connectivity index (χ0v) is 15.1. The van der Waals surface area contributed by atoms with Gasteiger partial charge in [-0.25, -0.2) is 12.7 Å². The molecule has 0 saturated carbocycles. The number of likely N-dealkylation sites (tertiary alicyclic amines) is 1. The average Bonchev–Trinajstić information content (AvgIpc) is 2.54. The van der Waals surface area contributed by atoms with E-state index in [-0.39, 0.29) is 30.0 Å². The zero-order valence-electron chi connectivity index (χ0n) is 13.5. The maximum absolute atomic E-state index is 12.6. The second-order valence-electron chi connectivity index (χ2n) is 5.99. The van der Waals surface area contributed by atoms with E-state index in [0.29, 0.717) is 32.0 Å². The summed E-state index contributed by atoms with van der Waals surface area (Å²) in [7, 11) is -1.17. The Bertz CT molecular complexity index is 464. The first kappa shape index (κ1) is 19.7. The number of carbonyl (C=O) groups excluding carboxylic acids is 1. The maximum Gasteiger partial charge on any atom is 0.225 e. The molecule has 1 atom stereocenters. The molecule has 0 aromatic carbocycles. The van der Waals surface area contributed by atoms with Crippen molar-refractivity contribution in [2.45, 2.75) is 38.6 Å². The van der Waals surface area contributed by atoms with Gasteiger partial charge < -0.3 is 10.2 Å². The van der Waals surface area contributed by atoms with Gasteiger partial charge in [-0.15, -0.1) is 12.4 Å². The fourth-order valence-corrected chi connectivity index (χ4v) is 4.37. The van der Waals surface area contributed by atoms with E-state index in [9.17, 15) is 13.2 Å². The van der Waals surface area contributed by atoms with Crippen LogP contribution in [0.15, 0.2) is 0 Å². The molecule has 22 heavy (non-hydrogen) atoms. The van der Waals surface area contributed by atoms with Crippen LogP contribution >= 0.6 is 12.4 Å². The molecule has 0 aromatic rings. The van der Waals surface area contributed by atoms with E-state index in [1.54, 1.807) is 6.92 Å². The molecular weight excluding hydrogens is 326 g/mol. The van der Waals surface area contributed by atoms with Crippen LogP contribution in [0.1, 0.15) is 32.6 Å². The summed E-state index contributed by atoms with van der Waals surface area (Å²) in [4.78, 5) is 14.5. The van der Waals surface area contributed by atoms with Crippen molar-refractivity contribution >= 4 is 28.3 Å². The van der Waals surface area contributed by atoms with Gasteiger partial charge in [-0.3, -0.25) is 4.79 Å². The number of piperidine rings is 2. The standard InChI is InChI=1S/C14H27N3O3S.ClH/c1-3-21(19,20)17-9-6-12(7-10-17)14(18)16-8-4-5-13(11-16)15-2;/h12-13,15H,3-11H2,1-2H3;1H. The highest BCUT2D eigenvalue weighted by atomic mass is 35.5. The van der Waals surface area contributed by atoms with Crippen LogP contribution in [0.2, 0.25) is 0 Å². The van der Waals surface area contributed by atoms with Crippen molar-refractivity contribution in [3.63, 3.8) is 0 Å². The molecule has 130 valence electrons. The van der Waals surface area contributed by atoms with Crippen LogP contribution in [0, 0.1) is 5.92 Å². The predicted molar refractivity (Wildman–Crippen MR) is 89.7 cm³/mol. The number of hydrogen-bond donors (Lipinski definition) is 1. The molecule has 0 aliphatic carbocycles. The monoisotopic (exact) mass is 353 g/mol. The summed E-state index contributed by atoms with van der Waals surface area (Å²) in [6.45, 7) is 4.25. The number of halogens is 1. The Kier molecular flexibility index (Phi) is 7.58. The second-order valence-corrected chi connectivity index (χ2v) is 8.24. The van der Waals surface area contributed by atoms with Crippen LogP contribution in [0.4, 0.5) is 0 Å². The van der Waals surface area contributed by atoms with Gasteiger partial charge in [-0.2, -0.15) is 0 Å². The third kappa shape index (κ3) is 4.57. The number of carbonyl (C=O) groups is 1. The van der Waals surface area contributed by atoms with Crippen molar-refractivity contribution in [1.82, 2.24) is 14.5 Å². The van der Waals surface area contributed by atoms with Gasteiger partial charge in [-0.05, 0) is 39.7 Å². The van der Waals surface area contributed by atoms with Gasteiger partial charge in [0.25, 0.3) is 0 Å². The molecule has 0 aromatic heterocycles. The fraction of sp³-hybridized carbons (Fsp3) is 0.929. The smallest absolute Gasteiger partial charge is 0.225 e. The summed E-state index contributed by atoms with van der Waals surface area (Å²) in [5.74, 6) is 0.342. The number of amides is 1. The largest absolute Gasteiger partial charge is 0.341 e. The summed E-state index contributed by atoms with van der Waals surface area (Å²) < 4.78 is 25.2. The van der Waals surface area contributed by atoms with Gasteiger partial charge in [0, 0.05) is 38.1 Å². The fourth-order valence-electron chi connectivity index (χ4n) is 3.23. The number of likely N-dealkylation sites (N-methyl/N-ethyl adjacent to an activating group) is 1. The average molecular weight is 354 g/mol.